The van der Waals surface area contributed by atoms with Crippen LogP contribution in [0.25, 0.3) is 0 Å². The monoisotopic (exact) mass is 588 g/mol. The first kappa shape index (κ1) is 29.7. The maximum Gasteiger partial charge on any atom is 0.622 e. The molecule has 2 aromatic rings. The fourth-order valence-electron chi connectivity index (χ4n) is 4.80. The third kappa shape index (κ3) is 7.07. The van der Waals surface area contributed by atoms with E-state index in [1.165, 1.54) is 12.1 Å². The molecule has 2 aliphatic heterocycles. The molecule has 2 N–H and O–H groups in total. The number of carbonyl (C=O) groups is 4. The summed E-state index contributed by atoms with van der Waals surface area (Å²) in [4.78, 5) is 55.7. The van der Waals surface area contributed by atoms with Crippen LogP contribution in [-0.2, 0) is 23.7 Å². The van der Waals surface area contributed by atoms with Gasteiger partial charge in [-0.1, -0.05) is 55.2 Å². The highest BCUT2D eigenvalue weighted by Crippen LogP contribution is 2.26. The molecule has 4 rings (SSSR count). The van der Waals surface area contributed by atoms with E-state index in [2.05, 4.69) is 10.6 Å². The first-order valence-corrected chi connectivity index (χ1v) is 13.7. The minimum atomic E-state index is -1.33. The van der Waals surface area contributed by atoms with Gasteiger partial charge < -0.3 is 24.8 Å². The number of likely N-dealkylation sites (N-methyl/N-ethyl adjacent to an activating group) is 1. The second kappa shape index (κ2) is 12.9. The van der Waals surface area contributed by atoms with Gasteiger partial charge in [0.25, 0.3) is 5.91 Å². The maximum atomic E-state index is 13.3. The highest BCUT2D eigenvalue weighted by molar-refractivity contribution is 6.51. The first-order valence-electron chi connectivity index (χ1n) is 13.0. The van der Waals surface area contributed by atoms with E-state index in [4.69, 9.17) is 32.5 Å². The summed E-state index contributed by atoms with van der Waals surface area (Å²) < 4.78 is 11.4. The maximum absolute atomic E-state index is 13.3. The van der Waals surface area contributed by atoms with Gasteiger partial charge in [0, 0.05) is 23.8 Å². The molecule has 0 aromatic heterocycles. The molecule has 0 radical (unpaired) electrons. The van der Waals surface area contributed by atoms with Crippen molar-refractivity contribution in [3.8, 4) is 0 Å². The SMILES string of the molecule is CC(C)CC(NC(=O)CNC(=O)c1cc(Cl)ccc1Cl)B1OC(=O)[C@H]2CN(c3ccccc3)C[C@@H](C(=O)O1)N2C. The van der Waals surface area contributed by atoms with Crippen LogP contribution in [0, 0.1) is 5.92 Å². The number of amides is 2. The lowest BCUT2D eigenvalue weighted by molar-refractivity contribution is -0.155. The number of hydrogen-bond donors (Lipinski definition) is 2. The summed E-state index contributed by atoms with van der Waals surface area (Å²) >= 11 is 12.0. The van der Waals surface area contributed by atoms with Crippen molar-refractivity contribution in [2.24, 2.45) is 5.92 Å². The fraction of sp³-hybridized carbons (Fsp3) is 0.407. The molecular formula is C27H31BCl2N4O6. The second-order valence-corrected chi connectivity index (χ2v) is 11.1. The minimum Gasteiger partial charge on any atom is -0.497 e. The van der Waals surface area contributed by atoms with Gasteiger partial charge in [0.15, 0.2) is 0 Å². The van der Waals surface area contributed by atoms with Crippen LogP contribution < -0.4 is 15.5 Å². The van der Waals surface area contributed by atoms with Crippen molar-refractivity contribution in [3.63, 3.8) is 0 Å². The van der Waals surface area contributed by atoms with Gasteiger partial charge in [0.1, 0.15) is 12.1 Å². The second-order valence-electron chi connectivity index (χ2n) is 10.3. The highest BCUT2D eigenvalue weighted by Gasteiger charge is 2.49. The molecule has 3 atom stereocenters. The average Bonchev–Trinajstić information content (AvgIpc) is 2.92. The summed E-state index contributed by atoms with van der Waals surface area (Å²) in [6.45, 7) is 4.12. The van der Waals surface area contributed by atoms with Crippen LogP contribution in [0.15, 0.2) is 48.5 Å². The molecule has 2 aliphatic rings. The van der Waals surface area contributed by atoms with Crippen molar-refractivity contribution in [1.82, 2.24) is 15.5 Å². The van der Waals surface area contributed by atoms with Gasteiger partial charge in [-0.2, -0.15) is 0 Å². The fourth-order valence-corrected chi connectivity index (χ4v) is 5.18. The molecule has 10 nitrogen and oxygen atoms in total. The predicted molar refractivity (Wildman–Crippen MR) is 152 cm³/mol. The molecule has 0 aliphatic carbocycles. The zero-order valence-corrected chi connectivity index (χ0v) is 23.9. The summed E-state index contributed by atoms with van der Waals surface area (Å²) in [6.07, 6.45) is 0.354. The van der Waals surface area contributed by atoms with E-state index in [-0.39, 0.29) is 23.0 Å². The Hall–Kier alpha value is -3.28. The smallest absolute Gasteiger partial charge is 0.497 e. The Kier molecular flexibility index (Phi) is 9.60. The number of hydrogen-bond acceptors (Lipinski definition) is 8. The summed E-state index contributed by atoms with van der Waals surface area (Å²) in [5, 5.41) is 5.78. The number of fused-ring (bicyclic) bond motifs is 2. The molecule has 2 aromatic carbocycles. The third-order valence-corrected chi connectivity index (χ3v) is 7.45. The standard InChI is InChI=1S/C27H31BCl2N4O6/c1-16(2)11-23(32-24(35)13-31-25(36)19-12-17(29)9-10-20(19)30)28-39-26(37)21-14-34(18-7-5-4-6-8-18)15-22(33(21)3)27(38)40-28/h4-10,12,16,21-23H,11,13-15H2,1-3H3,(H,31,36)(H,32,35)/t21-,22+,23?. The number of rotatable bonds is 8. The van der Waals surface area contributed by atoms with Gasteiger partial charge >= 0.3 is 19.1 Å². The Bertz CT molecular complexity index is 1240. The summed E-state index contributed by atoms with van der Waals surface area (Å²) in [6, 6.07) is 12.5. The van der Waals surface area contributed by atoms with Crippen LogP contribution in [-0.4, -0.2) is 80.5 Å². The van der Waals surface area contributed by atoms with Gasteiger partial charge in [0.2, 0.25) is 5.91 Å². The van der Waals surface area contributed by atoms with Gasteiger partial charge in [-0.05, 0) is 49.7 Å². The molecular weight excluding hydrogens is 558 g/mol. The number of piperazine rings is 1. The highest BCUT2D eigenvalue weighted by atomic mass is 35.5. The van der Waals surface area contributed by atoms with E-state index in [0.29, 0.717) is 24.5 Å². The number of carbonyl (C=O) groups excluding carboxylic acids is 4. The zero-order chi connectivity index (χ0) is 29.0. The Balaban J connectivity index is 1.46. The quantitative estimate of drug-likeness (QED) is 0.452. The topological polar surface area (TPSA) is 117 Å². The number of para-hydroxylation sites is 1. The van der Waals surface area contributed by atoms with Gasteiger partial charge in [-0.3, -0.25) is 24.1 Å². The molecule has 2 amide bonds. The molecule has 13 heteroatoms. The van der Waals surface area contributed by atoms with Gasteiger partial charge in [-0.15, -0.1) is 0 Å². The molecule has 2 bridgehead atoms. The summed E-state index contributed by atoms with van der Waals surface area (Å²) in [5.41, 5.74) is 1.01. The van der Waals surface area contributed by atoms with Crippen LogP contribution in [0.3, 0.4) is 0 Å². The molecule has 0 spiro atoms. The largest absolute Gasteiger partial charge is 0.622 e. The number of nitrogens with zero attached hydrogens (tertiary/aromatic N) is 2. The molecule has 212 valence electrons. The molecule has 0 saturated carbocycles. The third-order valence-electron chi connectivity index (χ3n) is 6.88. The van der Waals surface area contributed by atoms with E-state index in [0.717, 1.165) is 5.69 Å². The average molecular weight is 589 g/mol. The Morgan fingerprint density at radius 3 is 2.25 bits per heavy atom. The number of benzene rings is 2. The lowest BCUT2D eigenvalue weighted by Crippen LogP contribution is -2.67. The van der Waals surface area contributed by atoms with Crippen molar-refractivity contribution >= 4 is 59.8 Å². The Labute approximate surface area is 243 Å². The van der Waals surface area contributed by atoms with Crippen LogP contribution >= 0.6 is 23.2 Å². The summed E-state index contributed by atoms with van der Waals surface area (Å²) in [7, 11) is 0.370. The molecule has 2 saturated heterocycles. The van der Waals surface area contributed by atoms with E-state index in [1.807, 2.05) is 49.1 Å². The van der Waals surface area contributed by atoms with Crippen LogP contribution in [0.2, 0.25) is 10.0 Å². The minimum absolute atomic E-state index is 0.0590. The molecule has 2 heterocycles. The molecule has 40 heavy (non-hydrogen) atoms. The molecule has 1 unspecified atom stereocenters. The molecule has 2 fully saturated rings. The first-order chi connectivity index (χ1) is 19.0. The zero-order valence-electron chi connectivity index (χ0n) is 22.4. The normalized spacial score (nSPS) is 20.2. The van der Waals surface area contributed by atoms with E-state index in [9.17, 15) is 19.2 Å². The number of nitrogens with one attached hydrogen (secondary N) is 2. The Morgan fingerprint density at radius 2 is 1.65 bits per heavy atom. The van der Waals surface area contributed by atoms with Crippen LogP contribution in [0.4, 0.5) is 5.69 Å². The van der Waals surface area contributed by atoms with E-state index < -0.39 is 48.9 Å². The van der Waals surface area contributed by atoms with Crippen LogP contribution in [0.1, 0.15) is 30.6 Å². The number of anilines is 1. The van der Waals surface area contributed by atoms with Gasteiger partial charge in [0.05, 0.1) is 23.1 Å². The van der Waals surface area contributed by atoms with Gasteiger partial charge in [-0.25, -0.2) is 0 Å². The summed E-state index contributed by atoms with van der Waals surface area (Å²) in [5.74, 6) is -3.02. The van der Waals surface area contributed by atoms with Crippen LogP contribution in [0.5, 0.6) is 0 Å². The van der Waals surface area contributed by atoms with Crippen molar-refractivity contribution in [2.45, 2.75) is 38.3 Å². The van der Waals surface area contributed by atoms with Crippen molar-refractivity contribution in [2.75, 3.05) is 31.6 Å². The van der Waals surface area contributed by atoms with Crippen molar-refractivity contribution in [3.05, 3.63) is 64.1 Å². The lowest BCUT2D eigenvalue weighted by Gasteiger charge is -2.45. The lowest BCUT2D eigenvalue weighted by atomic mass is 9.73. The van der Waals surface area contributed by atoms with E-state index in [1.54, 1.807) is 18.0 Å². The van der Waals surface area contributed by atoms with E-state index >= 15 is 0 Å². The number of halogens is 2. The predicted octanol–water partition coefficient (Wildman–Crippen LogP) is 2.57. The van der Waals surface area contributed by atoms with Crippen molar-refractivity contribution in [1.29, 1.82) is 0 Å². The van der Waals surface area contributed by atoms with Crippen molar-refractivity contribution < 1.29 is 28.5 Å². The Morgan fingerprint density at radius 1 is 1.02 bits per heavy atom.